The smallest absolute Gasteiger partial charge is 0.267 e. The molecule has 1 aliphatic rings. The lowest BCUT2D eigenvalue weighted by Gasteiger charge is -2.19. The van der Waals surface area contributed by atoms with Gasteiger partial charge >= 0.3 is 0 Å². The van der Waals surface area contributed by atoms with Gasteiger partial charge in [0.1, 0.15) is 0 Å². The van der Waals surface area contributed by atoms with Crippen LogP contribution in [0, 0.1) is 5.92 Å². The number of hydrogen-bond donors (Lipinski definition) is 2. The summed E-state index contributed by atoms with van der Waals surface area (Å²) < 4.78 is 0.706. The lowest BCUT2D eigenvalue weighted by Crippen LogP contribution is -2.41. The van der Waals surface area contributed by atoms with E-state index in [4.69, 9.17) is 0 Å². The van der Waals surface area contributed by atoms with Gasteiger partial charge in [-0.05, 0) is 58.8 Å². The molecule has 0 unspecified atom stereocenters. The van der Waals surface area contributed by atoms with Crippen molar-refractivity contribution < 1.29 is 9.59 Å². The number of carbonyl (C=O) groups excluding carboxylic acids is 2. The van der Waals surface area contributed by atoms with Gasteiger partial charge in [-0.1, -0.05) is 13.3 Å². The third-order valence-corrected chi connectivity index (χ3v) is 5.91. The molecule has 0 aromatic carbocycles. The zero-order chi connectivity index (χ0) is 17.1. The summed E-state index contributed by atoms with van der Waals surface area (Å²) in [6.07, 6.45) is 7.49. The summed E-state index contributed by atoms with van der Waals surface area (Å²) in [5.41, 5.74) is 6.57. The minimum Gasteiger partial charge on any atom is -0.267 e. The molecule has 3 rings (SSSR count). The highest BCUT2D eigenvalue weighted by molar-refractivity contribution is 9.10. The predicted octanol–water partition coefficient (Wildman–Crippen LogP) is 3.50. The van der Waals surface area contributed by atoms with Gasteiger partial charge in [0.15, 0.2) is 0 Å². The minimum atomic E-state index is -0.399. The number of aromatic nitrogens is 1. The molecule has 126 valence electrons. The Labute approximate surface area is 153 Å². The van der Waals surface area contributed by atoms with Gasteiger partial charge < -0.3 is 0 Å². The summed E-state index contributed by atoms with van der Waals surface area (Å²) in [6, 6.07) is 3.60. The second-order valence-corrected chi connectivity index (χ2v) is 7.93. The molecule has 0 fully saturated rings. The first-order valence-corrected chi connectivity index (χ1v) is 9.50. The van der Waals surface area contributed by atoms with Crippen LogP contribution < -0.4 is 10.9 Å². The van der Waals surface area contributed by atoms with Crippen molar-refractivity contribution in [2.24, 2.45) is 5.92 Å². The van der Waals surface area contributed by atoms with E-state index in [-0.39, 0.29) is 5.91 Å². The molecule has 0 spiro atoms. The molecule has 2 aromatic heterocycles. The topological polar surface area (TPSA) is 71.1 Å². The van der Waals surface area contributed by atoms with Crippen molar-refractivity contribution in [1.82, 2.24) is 15.8 Å². The van der Waals surface area contributed by atoms with Crippen molar-refractivity contribution in [3.8, 4) is 0 Å². The van der Waals surface area contributed by atoms with E-state index in [2.05, 4.69) is 38.7 Å². The largest absolute Gasteiger partial charge is 0.279 e. The van der Waals surface area contributed by atoms with Crippen LogP contribution in [0.1, 0.15) is 50.2 Å². The average Bonchev–Trinajstić information content (AvgIpc) is 3.02. The second-order valence-electron chi connectivity index (χ2n) is 5.88. The molecule has 2 amide bonds. The third kappa shape index (κ3) is 3.84. The minimum absolute atomic E-state index is 0.279. The molecular weight excluding hydrogens is 390 g/mol. The fraction of sp³-hybridized carbons (Fsp3) is 0.353. The van der Waals surface area contributed by atoms with Gasteiger partial charge in [0.25, 0.3) is 11.8 Å². The van der Waals surface area contributed by atoms with Crippen LogP contribution in [0.2, 0.25) is 0 Å². The van der Waals surface area contributed by atoms with Crippen LogP contribution >= 0.6 is 27.3 Å². The van der Waals surface area contributed by atoms with E-state index in [1.165, 1.54) is 40.8 Å². The number of amides is 2. The van der Waals surface area contributed by atoms with Gasteiger partial charge in [-0.2, -0.15) is 0 Å². The molecule has 24 heavy (non-hydrogen) atoms. The van der Waals surface area contributed by atoms with Crippen molar-refractivity contribution in [1.29, 1.82) is 0 Å². The highest BCUT2D eigenvalue weighted by atomic mass is 79.9. The van der Waals surface area contributed by atoms with E-state index in [1.807, 2.05) is 6.07 Å². The molecule has 0 saturated carbocycles. The van der Waals surface area contributed by atoms with Crippen molar-refractivity contribution in [3.05, 3.63) is 49.9 Å². The molecule has 7 heteroatoms. The molecule has 1 aliphatic carbocycles. The van der Waals surface area contributed by atoms with Gasteiger partial charge in [0.05, 0.1) is 10.4 Å². The molecule has 2 heterocycles. The summed E-state index contributed by atoms with van der Waals surface area (Å²) in [7, 11) is 0. The highest BCUT2D eigenvalue weighted by Crippen LogP contribution is 2.33. The molecular formula is C17H18BrN3O2S. The predicted molar refractivity (Wildman–Crippen MR) is 97.0 cm³/mol. The van der Waals surface area contributed by atoms with E-state index >= 15 is 0 Å². The van der Waals surface area contributed by atoms with Gasteiger partial charge in [-0.25, -0.2) is 0 Å². The van der Waals surface area contributed by atoms with Crippen LogP contribution in [-0.2, 0) is 12.8 Å². The van der Waals surface area contributed by atoms with E-state index in [1.54, 1.807) is 12.3 Å². The fourth-order valence-corrected chi connectivity index (χ4v) is 4.31. The molecule has 0 radical (unpaired) electrons. The van der Waals surface area contributed by atoms with E-state index in [0.29, 0.717) is 20.8 Å². The quantitative estimate of drug-likeness (QED) is 0.764. The monoisotopic (exact) mass is 407 g/mol. The Morgan fingerprint density at radius 1 is 1.29 bits per heavy atom. The number of aryl methyl sites for hydroxylation is 1. The molecule has 0 saturated heterocycles. The van der Waals surface area contributed by atoms with Gasteiger partial charge in [-0.3, -0.25) is 25.4 Å². The number of pyridine rings is 1. The van der Waals surface area contributed by atoms with Crippen molar-refractivity contribution >= 4 is 39.1 Å². The number of fused-ring (bicyclic) bond motifs is 1. The number of carbonyl (C=O) groups is 2. The Hall–Kier alpha value is -1.73. The third-order valence-electron chi connectivity index (χ3n) is 4.24. The first kappa shape index (κ1) is 17.1. The fourth-order valence-electron chi connectivity index (χ4n) is 2.84. The molecule has 2 N–H and O–H groups in total. The maximum atomic E-state index is 12.3. The number of rotatable bonds is 3. The van der Waals surface area contributed by atoms with E-state index < -0.39 is 5.91 Å². The van der Waals surface area contributed by atoms with Gasteiger partial charge in [0.2, 0.25) is 0 Å². The average molecular weight is 408 g/mol. The first-order chi connectivity index (χ1) is 11.6. The highest BCUT2D eigenvalue weighted by Gasteiger charge is 2.22. The normalized spacial score (nSPS) is 16.3. The lowest BCUT2D eigenvalue weighted by atomic mass is 9.87. The number of thiophene rings is 1. The van der Waals surface area contributed by atoms with Crippen LogP contribution in [0.25, 0.3) is 0 Å². The van der Waals surface area contributed by atoms with Crippen molar-refractivity contribution in [3.63, 3.8) is 0 Å². The maximum Gasteiger partial charge on any atom is 0.279 e. The Kier molecular flexibility index (Phi) is 5.30. The summed E-state index contributed by atoms with van der Waals surface area (Å²) in [4.78, 5) is 30.2. The molecule has 1 atom stereocenters. The molecule has 5 nitrogen and oxygen atoms in total. The zero-order valence-corrected chi connectivity index (χ0v) is 15.7. The Morgan fingerprint density at radius 3 is 2.83 bits per heavy atom. The van der Waals surface area contributed by atoms with Gasteiger partial charge in [-0.15, -0.1) is 11.3 Å². The maximum absolute atomic E-state index is 12.3. The molecule has 2 aromatic rings. The van der Waals surface area contributed by atoms with E-state index in [9.17, 15) is 9.59 Å². The lowest BCUT2D eigenvalue weighted by molar-refractivity contribution is 0.0848. The molecule has 0 aliphatic heterocycles. The number of hydrazine groups is 1. The van der Waals surface area contributed by atoms with Crippen LogP contribution in [-0.4, -0.2) is 16.8 Å². The number of nitrogens with one attached hydrogen (secondary N) is 2. The van der Waals surface area contributed by atoms with Crippen LogP contribution in [0.5, 0.6) is 0 Å². The number of halogens is 1. The van der Waals surface area contributed by atoms with Crippen LogP contribution in [0.4, 0.5) is 0 Å². The van der Waals surface area contributed by atoms with Crippen molar-refractivity contribution in [2.45, 2.75) is 32.6 Å². The molecule has 0 bridgehead atoms. The summed E-state index contributed by atoms with van der Waals surface area (Å²) in [6.45, 7) is 2.21. The van der Waals surface area contributed by atoms with Gasteiger partial charge in [0, 0.05) is 21.7 Å². The van der Waals surface area contributed by atoms with Crippen molar-refractivity contribution in [2.75, 3.05) is 0 Å². The first-order valence-electron chi connectivity index (χ1n) is 7.89. The van der Waals surface area contributed by atoms with Crippen LogP contribution in [0.3, 0.4) is 0 Å². The zero-order valence-electron chi connectivity index (χ0n) is 13.3. The Balaban J connectivity index is 1.62. The SMILES string of the molecule is CC[C@@H]1CCc2sc(C(=O)NNC(=O)c3cncc(Br)c3)cc2C1. The standard InChI is InChI=1S/C17H18BrN3O2S/c1-2-10-3-4-14-11(5-10)7-15(24-14)17(23)21-20-16(22)12-6-13(18)9-19-8-12/h6-10H,2-5H2,1H3,(H,20,22)(H,21,23)/t10-/m1/s1. The van der Waals surface area contributed by atoms with Crippen LogP contribution in [0.15, 0.2) is 29.0 Å². The second kappa shape index (κ2) is 7.44. The summed E-state index contributed by atoms with van der Waals surface area (Å²) >= 11 is 4.78. The summed E-state index contributed by atoms with van der Waals surface area (Å²) in [5.74, 6) is 0.0370. The Bertz CT molecular complexity index is 775. The van der Waals surface area contributed by atoms with E-state index in [0.717, 1.165) is 12.8 Å². The number of nitrogens with zero attached hydrogens (tertiary/aromatic N) is 1. The number of hydrogen-bond acceptors (Lipinski definition) is 4. The Morgan fingerprint density at radius 2 is 2.08 bits per heavy atom. The summed E-state index contributed by atoms with van der Waals surface area (Å²) in [5, 5.41) is 0.